The van der Waals surface area contributed by atoms with E-state index in [4.69, 9.17) is 9.72 Å². The third-order valence-electron chi connectivity index (χ3n) is 13.8. The molecule has 1 aromatic carbocycles. The van der Waals surface area contributed by atoms with E-state index in [1.807, 2.05) is 11.0 Å². The molecule has 5 aromatic rings. The van der Waals surface area contributed by atoms with Crippen LogP contribution in [0, 0.1) is 17.8 Å². The molecule has 10 rings (SSSR count). The van der Waals surface area contributed by atoms with Crippen LogP contribution in [0.2, 0.25) is 0 Å². The summed E-state index contributed by atoms with van der Waals surface area (Å²) < 4.78 is 83.7. The van der Waals surface area contributed by atoms with E-state index in [9.17, 15) is 41.1 Å². The summed E-state index contributed by atoms with van der Waals surface area (Å²) in [5, 5.41) is 13.3. The number of benzene rings is 1. The van der Waals surface area contributed by atoms with E-state index in [2.05, 4.69) is 37.6 Å². The lowest BCUT2D eigenvalue weighted by atomic mass is 9.85. The van der Waals surface area contributed by atoms with Crippen molar-refractivity contribution in [1.82, 2.24) is 48.6 Å². The molecule has 5 fully saturated rings. The van der Waals surface area contributed by atoms with E-state index in [1.165, 1.54) is 42.7 Å². The van der Waals surface area contributed by atoms with Gasteiger partial charge in [-0.05, 0) is 62.6 Å². The van der Waals surface area contributed by atoms with Gasteiger partial charge in [0.05, 0.1) is 59.8 Å². The third kappa shape index (κ3) is 8.21. The van der Waals surface area contributed by atoms with Crippen molar-refractivity contribution in [3.05, 3.63) is 70.2 Å². The van der Waals surface area contributed by atoms with Gasteiger partial charge in [-0.2, -0.15) is 23.4 Å². The Hall–Kier alpha value is -6.18. The van der Waals surface area contributed by atoms with Crippen molar-refractivity contribution in [2.45, 2.75) is 87.8 Å². The maximum Gasteiger partial charge on any atom is 0.405 e. The molecule has 0 radical (unpaired) electrons. The van der Waals surface area contributed by atoms with Crippen LogP contribution in [0.15, 0.2) is 47.7 Å². The summed E-state index contributed by atoms with van der Waals surface area (Å²) in [6.45, 7) is 1.86. The number of piperidine rings is 1. The number of aromatic nitrogens is 7. The van der Waals surface area contributed by atoms with Crippen molar-refractivity contribution in [2.24, 2.45) is 13.0 Å². The Morgan fingerprint density at radius 3 is 2.59 bits per heavy atom. The standard InChI is InChI=1S/C44H47F5N12O5/c1-55-38-26(4-2-6-32(38)61(43(55)65)33-11-12-36(62)53-42(33)64)5-3-14-57-17-16-56(23-34(57)44(47,48)49)20-25-7-9-27(10-8-25)60-22-31(37(54-60)39(45)46)51-41(63)30-19-50-59-15-13-35(52-40(30)59)58-21-29-18-28(58)24-66-29/h2,4,6,13,15,19,22,25,27-29,33-34,39H,7-12,14,16-18,20-21,23-24H2,1H3,(H,51,63)(H,53,62,64)/t25?,27?,28-,29-,33?,34+/m1/s1. The SMILES string of the molecule is Cn1c(=O)n(C2CCC(=O)NC2=O)c2cccc(C#CCN3CCN(CC4CCC(n5cc(NC(=O)c6cnn7ccc(N8C[C@H]9C[C@@H]8CO9)nc67)c(C(F)F)n5)CC4)C[C@H]3C(F)(F)F)c21. The Morgan fingerprint density at radius 2 is 1.86 bits per heavy atom. The number of carbonyl (C=O) groups excluding carboxylic acids is 3. The Bertz CT molecular complexity index is 2830. The van der Waals surface area contributed by atoms with Gasteiger partial charge in [-0.25, -0.2) is 23.1 Å². The zero-order chi connectivity index (χ0) is 46.0. The number of hydrogen-bond acceptors (Lipinski definition) is 11. The molecule has 1 unspecified atom stereocenters. The largest absolute Gasteiger partial charge is 0.405 e. The number of carbonyl (C=O) groups is 3. The second kappa shape index (κ2) is 17.2. The van der Waals surface area contributed by atoms with Crippen LogP contribution in [-0.2, 0) is 21.4 Å². The van der Waals surface area contributed by atoms with Crippen LogP contribution in [0.4, 0.5) is 33.5 Å². The molecule has 1 aliphatic carbocycles. The number of nitrogens with one attached hydrogen (secondary N) is 2. The van der Waals surface area contributed by atoms with Crippen molar-refractivity contribution in [2.75, 3.05) is 56.1 Å². The number of rotatable bonds is 9. The Morgan fingerprint density at radius 1 is 1.05 bits per heavy atom. The maximum atomic E-state index is 14.6. The molecule has 4 aliphatic heterocycles. The van der Waals surface area contributed by atoms with Gasteiger partial charge in [0.25, 0.3) is 12.3 Å². The van der Waals surface area contributed by atoms with Crippen LogP contribution >= 0.6 is 0 Å². The van der Waals surface area contributed by atoms with Gasteiger partial charge in [0.2, 0.25) is 11.8 Å². The third-order valence-corrected chi connectivity index (χ3v) is 13.8. The molecular formula is C44H47F5N12O5. The Labute approximate surface area is 373 Å². The summed E-state index contributed by atoms with van der Waals surface area (Å²) in [5.74, 6) is 5.00. The molecule has 2 bridgehead atoms. The second-order valence-electron chi connectivity index (χ2n) is 17.9. The second-order valence-corrected chi connectivity index (χ2v) is 17.9. The average Bonchev–Trinajstić information content (AvgIpc) is 4.14. The fraction of sp³-hybridized carbons (Fsp3) is 0.523. The van der Waals surface area contributed by atoms with Crippen LogP contribution in [0.5, 0.6) is 0 Å². The lowest BCUT2D eigenvalue weighted by Gasteiger charge is -2.43. The Kier molecular flexibility index (Phi) is 11.4. The summed E-state index contributed by atoms with van der Waals surface area (Å²) in [4.78, 5) is 61.2. The number of piperazine rings is 1. The van der Waals surface area contributed by atoms with E-state index in [0.717, 1.165) is 6.42 Å². The van der Waals surface area contributed by atoms with Crippen LogP contribution < -0.4 is 21.2 Å². The molecule has 1 saturated carbocycles. The van der Waals surface area contributed by atoms with Crippen LogP contribution in [-0.4, -0.2) is 131 Å². The van der Waals surface area contributed by atoms with E-state index < -0.39 is 53.8 Å². The lowest BCUT2D eigenvalue weighted by molar-refractivity contribution is -0.195. The number of alkyl halides is 5. The number of hydrogen-bond donors (Lipinski definition) is 2. The van der Waals surface area contributed by atoms with Crippen molar-refractivity contribution < 1.29 is 41.1 Å². The van der Waals surface area contributed by atoms with Gasteiger partial charge in [0, 0.05) is 58.6 Å². The minimum Gasteiger partial charge on any atom is -0.374 e. The molecule has 4 atom stereocenters. The molecule has 4 saturated heterocycles. The number of para-hydroxylation sites is 1. The van der Waals surface area contributed by atoms with Crippen molar-refractivity contribution >= 4 is 45.9 Å². The number of amides is 3. The monoisotopic (exact) mass is 918 g/mol. The number of nitrogens with zero attached hydrogens (tertiary/aromatic N) is 10. The molecule has 5 aliphatic rings. The molecule has 4 aromatic heterocycles. The van der Waals surface area contributed by atoms with E-state index in [-0.39, 0.29) is 73.5 Å². The number of morpholine rings is 1. The van der Waals surface area contributed by atoms with Crippen LogP contribution in [0.1, 0.15) is 85.1 Å². The highest BCUT2D eigenvalue weighted by molar-refractivity contribution is 6.08. The number of ether oxygens (including phenoxy) is 1. The summed E-state index contributed by atoms with van der Waals surface area (Å²) >= 11 is 0. The number of anilines is 2. The molecule has 66 heavy (non-hydrogen) atoms. The van der Waals surface area contributed by atoms with Crippen molar-refractivity contribution in [1.29, 1.82) is 0 Å². The Balaban J connectivity index is 0.759. The first-order valence-electron chi connectivity index (χ1n) is 22.2. The molecular weight excluding hydrogens is 872 g/mol. The number of imidazole rings is 1. The summed E-state index contributed by atoms with van der Waals surface area (Å²) in [6.07, 6.45) is 0.719. The first-order chi connectivity index (χ1) is 31.7. The number of aryl methyl sites for hydroxylation is 1. The fourth-order valence-corrected chi connectivity index (χ4v) is 10.4. The highest BCUT2D eigenvalue weighted by Crippen LogP contribution is 2.37. The van der Waals surface area contributed by atoms with Gasteiger partial charge < -0.3 is 15.0 Å². The van der Waals surface area contributed by atoms with Crippen LogP contribution in [0.25, 0.3) is 16.7 Å². The summed E-state index contributed by atoms with van der Waals surface area (Å²) in [6, 6.07) is 4.13. The lowest BCUT2D eigenvalue weighted by Crippen LogP contribution is -2.59. The maximum absolute atomic E-state index is 14.6. The molecule has 348 valence electrons. The van der Waals surface area contributed by atoms with Gasteiger partial charge in [-0.3, -0.25) is 43.3 Å². The quantitative estimate of drug-likeness (QED) is 0.124. The predicted octanol–water partition coefficient (Wildman–Crippen LogP) is 4.06. The molecule has 17 nitrogen and oxygen atoms in total. The molecule has 8 heterocycles. The highest BCUT2D eigenvalue weighted by atomic mass is 19.4. The van der Waals surface area contributed by atoms with Gasteiger partial charge in [0.15, 0.2) is 11.3 Å². The minimum absolute atomic E-state index is 0.0830. The average molecular weight is 919 g/mol. The topological polar surface area (TPSA) is 169 Å². The number of halogens is 5. The summed E-state index contributed by atoms with van der Waals surface area (Å²) in [5.41, 5.74) is 0.557. The van der Waals surface area contributed by atoms with Gasteiger partial charge in [-0.1, -0.05) is 17.9 Å². The molecule has 0 spiro atoms. The van der Waals surface area contributed by atoms with Gasteiger partial charge >= 0.3 is 11.9 Å². The van der Waals surface area contributed by atoms with Crippen molar-refractivity contribution in [3.63, 3.8) is 0 Å². The normalized spacial score (nSPS) is 25.2. The van der Waals surface area contributed by atoms with E-state index in [1.54, 1.807) is 24.4 Å². The molecule has 22 heteroatoms. The minimum atomic E-state index is -4.52. The highest BCUT2D eigenvalue weighted by Gasteiger charge is 2.46. The van der Waals surface area contributed by atoms with E-state index in [0.29, 0.717) is 74.3 Å². The number of imide groups is 1. The molecule has 3 amide bonds. The zero-order valence-corrected chi connectivity index (χ0v) is 35.9. The van der Waals surface area contributed by atoms with Gasteiger partial charge in [0.1, 0.15) is 23.5 Å². The first kappa shape index (κ1) is 43.7. The fourth-order valence-electron chi connectivity index (χ4n) is 10.4. The van der Waals surface area contributed by atoms with Crippen molar-refractivity contribution in [3.8, 4) is 11.8 Å². The zero-order valence-electron chi connectivity index (χ0n) is 35.9. The molecule has 2 N–H and O–H groups in total. The number of fused-ring (bicyclic) bond motifs is 4. The first-order valence-corrected chi connectivity index (χ1v) is 22.2. The van der Waals surface area contributed by atoms with E-state index >= 15 is 0 Å². The van der Waals surface area contributed by atoms with Crippen LogP contribution in [0.3, 0.4) is 0 Å². The van der Waals surface area contributed by atoms with Gasteiger partial charge in [-0.15, -0.1) is 0 Å². The summed E-state index contributed by atoms with van der Waals surface area (Å²) in [7, 11) is 1.54. The predicted molar refractivity (Wildman–Crippen MR) is 228 cm³/mol. The smallest absolute Gasteiger partial charge is 0.374 e.